The molecule has 0 aromatic carbocycles. The Morgan fingerprint density at radius 3 is 2.70 bits per heavy atom. The van der Waals surface area contributed by atoms with Crippen LogP contribution in [0.15, 0.2) is 29.4 Å². The van der Waals surface area contributed by atoms with Gasteiger partial charge in [0.05, 0.1) is 7.11 Å². The summed E-state index contributed by atoms with van der Waals surface area (Å²) < 4.78 is 4.88. The first-order valence-electron chi connectivity index (χ1n) is 6.98. The Morgan fingerprint density at radius 1 is 1.40 bits per heavy atom. The van der Waals surface area contributed by atoms with Crippen LogP contribution in [0.4, 0.5) is 0 Å². The van der Waals surface area contributed by atoms with Gasteiger partial charge in [0.1, 0.15) is 5.54 Å². The Morgan fingerprint density at radius 2 is 2.10 bits per heavy atom. The number of nitrogens with one attached hydrogen (secondary N) is 1. The van der Waals surface area contributed by atoms with Gasteiger partial charge in [0.2, 0.25) is 0 Å². The van der Waals surface area contributed by atoms with E-state index in [1.165, 1.54) is 12.0 Å². The Balaban J connectivity index is 2.29. The van der Waals surface area contributed by atoms with Crippen LogP contribution in [0.25, 0.3) is 0 Å². The van der Waals surface area contributed by atoms with Crippen LogP contribution in [0.3, 0.4) is 0 Å². The van der Waals surface area contributed by atoms with Gasteiger partial charge in [-0.2, -0.15) is 0 Å². The number of aromatic nitrogens is 1. The molecule has 1 aromatic rings. The second-order valence-electron chi connectivity index (χ2n) is 4.84. The van der Waals surface area contributed by atoms with E-state index in [1.807, 2.05) is 50.1 Å². The van der Waals surface area contributed by atoms with Gasteiger partial charge in [-0.15, -0.1) is 11.8 Å². The van der Waals surface area contributed by atoms with Gasteiger partial charge in [-0.25, -0.2) is 0 Å². The van der Waals surface area contributed by atoms with Crippen molar-refractivity contribution in [3.05, 3.63) is 24.5 Å². The Kier molecular flexibility index (Phi) is 7.62. The molecule has 1 heterocycles. The minimum absolute atomic E-state index is 0.180. The molecule has 0 saturated carbocycles. The number of unbranched alkanes of at least 4 members (excludes halogenated alkanes) is 1. The topological polar surface area (TPSA) is 51.2 Å². The number of pyridine rings is 1. The van der Waals surface area contributed by atoms with Crippen LogP contribution in [-0.4, -0.2) is 35.9 Å². The fourth-order valence-electron chi connectivity index (χ4n) is 2.08. The highest BCUT2D eigenvalue weighted by atomic mass is 32.2. The zero-order valence-corrected chi connectivity index (χ0v) is 13.3. The fraction of sp³-hybridized carbons (Fsp3) is 0.600. The lowest BCUT2D eigenvalue weighted by Crippen LogP contribution is -2.50. The van der Waals surface area contributed by atoms with E-state index in [9.17, 15) is 4.79 Å². The minimum atomic E-state index is -0.565. The van der Waals surface area contributed by atoms with Crippen molar-refractivity contribution in [3.63, 3.8) is 0 Å². The van der Waals surface area contributed by atoms with E-state index in [2.05, 4.69) is 10.3 Å². The third-order valence-corrected chi connectivity index (χ3v) is 4.29. The summed E-state index contributed by atoms with van der Waals surface area (Å²) in [5, 5.41) is 3.23. The van der Waals surface area contributed by atoms with Crippen LogP contribution in [-0.2, 0) is 9.53 Å². The molecule has 4 nitrogen and oxygen atoms in total. The highest BCUT2D eigenvalue weighted by molar-refractivity contribution is 7.99. The monoisotopic (exact) mass is 296 g/mol. The number of rotatable bonds is 9. The number of carbonyl (C=O) groups excluding carboxylic acids is 1. The van der Waals surface area contributed by atoms with Crippen molar-refractivity contribution in [2.75, 3.05) is 19.4 Å². The molecule has 0 aliphatic rings. The fourth-order valence-corrected chi connectivity index (χ4v) is 2.98. The maximum absolute atomic E-state index is 11.8. The second kappa shape index (κ2) is 8.97. The molecule has 1 N–H and O–H groups in total. The minimum Gasteiger partial charge on any atom is -0.468 e. The largest absolute Gasteiger partial charge is 0.468 e. The third kappa shape index (κ3) is 5.51. The number of esters is 1. The van der Waals surface area contributed by atoms with Gasteiger partial charge in [-0.05, 0) is 44.2 Å². The SMILES string of the molecule is CCNC(C)(CCCCSc1ccncc1)C(=O)OC. The summed E-state index contributed by atoms with van der Waals surface area (Å²) in [4.78, 5) is 17.0. The first kappa shape index (κ1) is 17.0. The average Bonchev–Trinajstić information content (AvgIpc) is 2.47. The molecule has 5 heteroatoms. The third-order valence-electron chi connectivity index (χ3n) is 3.19. The molecule has 1 rings (SSSR count). The van der Waals surface area contributed by atoms with E-state index in [1.54, 1.807) is 0 Å². The molecule has 0 bridgehead atoms. The number of ether oxygens (including phenoxy) is 1. The summed E-state index contributed by atoms with van der Waals surface area (Å²) in [5.74, 6) is 0.869. The maximum Gasteiger partial charge on any atom is 0.325 e. The number of carbonyl (C=O) groups is 1. The van der Waals surface area contributed by atoms with E-state index < -0.39 is 5.54 Å². The number of nitrogens with zero attached hydrogens (tertiary/aromatic N) is 1. The lowest BCUT2D eigenvalue weighted by Gasteiger charge is -2.27. The van der Waals surface area contributed by atoms with Crippen molar-refractivity contribution in [2.24, 2.45) is 0 Å². The van der Waals surface area contributed by atoms with Gasteiger partial charge in [0, 0.05) is 17.3 Å². The standard InChI is InChI=1S/C15H24N2O2S/c1-4-17-15(2,14(18)19-3)9-5-6-12-20-13-7-10-16-11-8-13/h7-8,10-11,17H,4-6,9,12H2,1-3H3. The smallest absolute Gasteiger partial charge is 0.325 e. The number of thioether (sulfide) groups is 1. The summed E-state index contributed by atoms with van der Waals surface area (Å²) >= 11 is 1.82. The van der Waals surface area contributed by atoms with E-state index in [0.717, 1.165) is 31.6 Å². The second-order valence-corrected chi connectivity index (χ2v) is 6.01. The van der Waals surface area contributed by atoms with Crippen molar-refractivity contribution in [2.45, 2.75) is 43.5 Å². The molecular weight excluding hydrogens is 272 g/mol. The first-order valence-corrected chi connectivity index (χ1v) is 7.97. The van der Waals surface area contributed by atoms with Gasteiger partial charge in [-0.1, -0.05) is 13.3 Å². The van der Waals surface area contributed by atoms with Gasteiger partial charge < -0.3 is 10.1 Å². The molecule has 0 aliphatic carbocycles. The zero-order chi connectivity index (χ0) is 14.8. The molecule has 20 heavy (non-hydrogen) atoms. The number of likely N-dealkylation sites (N-methyl/N-ethyl adjacent to an activating group) is 1. The number of hydrogen-bond acceptors (Lipinski definition) is 5. The first-order chi connectivity index (χ1) is 9.62. The molecule has 0 spiro atoms. The van der Waals surface area contributed by atoms with Crippen molar-refractivity contribution < 1.29 is 9.53 Å². The van der Waals surface area contributed by atoms with Gasteiger partial charge in [0.25, 0.3) is 0 Å². The van der Waals surface area contributed by atoms with Crippen LogP contribution in [0.2, 0.25) is 0 Å². The Labute approximate surface area is 125 Å². The van der Waals surface area contributed by atoms with E-state index in [4.69, 9.17) is 4.74 Å². The summed E-state index contributed by atoms with van der Waals surface area (Å²) in [6.07, 6.45) is 6.48. The summed E-state index contributed by atoms with van der Waals surface area (Å²) in [6, 6.07) is 4.03. The van der Waals surface area contributed by atoms with Crippen molar-refractivity contribution in [1.82, 2.24) is 10.3 Å². The molecule has 112 valence electrons. The molecule has 1 atom stereocenters. The zero-order valence-electron chi connectivity index (χ0n) is 12.5. The molecule has 0 amide bonds. The Bertz CT molecular complexity index is 400. The summed E-state index contributed by atoms with van der Waals surface area (Å²) in [6.45, 7) is 4.68. The van der Waals surface area contributed by atoms with Gasteiger partial charge in [0.15, 0.2) is 0 Å². The van der Waals surface area contributed by atoms with Crippen molar-refractivity contribution in [1.29, 1.82) is 0 Å². The van der Waals surface area contributed by atoms with E-state index in [0.29, 0.717) is 0 Å². The van der Waals surface area contributed by atoms with E-state index in [-0.39, 0.29) is 5.97 Å². The van der Waals surface area contributed by atoms with Crippen molar-refractivity contribution >= 4 is 17.7 Å². The van der Waals surface area contributed by atoms with Crippen LogP contribution in [0.1, 0.15) is 33.1 Å². The number of hydrogen-bond donors (Lipinski definition) is 1. The summed E-state index contributed by atoms with van der Waals surface area (Å²) in [7, 11) is 1.44. The van der Waals surface area contributed by atoms with Crippen LogP contribution >= 0.6 is 11.8 Å². The lowest BCUT2D eigenvalue weighted by atomic mass is 9.95. The van der Waals surface area contributed by atoms with Crippen LogP contribution < -0.4 is 5.32 Å². The van der Waals surface area contributed by atoms with Gasteiger partial charge in [-0.3, -0.25) is 9.78 Å². The predicted octanol–water partition coefficient (Wildman–Crippen LogP) is 2.89. The quantitative estimate of drug-likeness (QED) is 0.431. The predicted molar refractivity (Wildman–Crippen MR) is 82.9 cm³/mol. The molecule has 0 aliphatic heterocycles. The van der Waals surface area contributed by atoms with Crippen LogP contribution in [0, 0.1) is 0 Å². The molecule has 0 fully saturated rings. The molecular formula is C15H24N2O2S. The van der Waals surface area contributed by atoms with E-state index >= 15 is 0 Å². The van der Waals surface area contributed by atoms with Gasteiger partial charge >= 0.3 is 5.97 Å². The van der Waals surface area contributed by atoms with Crippen molar-refractivity contribution in [3.8, 4) is 0 Å². The molecule has 0 saturated heterocycles. The average molecular weight is 296 g/mol. The maximum atomic E-state index is 11.8. The molecule has 1 aromatic heterocycles. The molecule has 1 unspecified atom stereocenters. The lowest BCUT2D eigenvalue weighted by molar-refractivity contribution is -0.148. The summed E-state index contributed by atoms with van der Waals surface area (Å²) in [5.41, 5.74) is -0.565. The number of methoxy groups -OCH3 is 1. The normalized spacial score (nSPS) is 13.8. The highest BCUT2D eigenvalue weighted by Gasteiger charge is 2.32. The highest BCUT2D eigenvalue weighted by Crippen LogP contribution is 2.21. The Hall–Kier alpha value is -1.07. The molecule has 0 radical (unpaired) electrons. The van der Waals surface area contributed by atoms with Crippen LogP contribution in [0.5, 0.6) is 0 Å².